The van der Waals surface area contributed by atoms with Gasteiger partial charge < -0.3 is 20.1 Å². The van der Waals surface area contributed by atoms with Gasteiger partial charge in [0.25, 0.3) is 0 Å². The number of carbonyl (C=O) groups excluding carboxylic acids is 1. The molecule has 0 saturated carbocycles. The van der Waals surface area contributed by atoms with Crippen LogP contribution in [0.25, 0.3) is 0 Å². The van der Waals surface area contributed by atoms with Crippen LogP contribution in [0.3, 0.4) is 0 Å². The first-order chi connectivity index (χ1) is 8.58. The monoisotopic (exact) mass is 270 g/mol. The molecule has 0 aromatic carbocycles. The highest BCUT2D eigenvalue weighted by Gasteiger charge is 2.28. The van der Waals surface area contributed by atoms with E-state index in [1.165, 1.54) is 18.4 Å². The third kappa shape index (κ3) is 2.12. The molecule has 1 aliphatic heterocycles. The van der Waals surface area contributed by atoms with Crippen molar-refractivity contribution in [1.29, 1.82) is 0 Å². The highest BCUT2D eigenvalue weighted by atomic mass is 32.1. The molecule has 18 heavy (non-hydrogen) atoms. The summed E-state index contributed by atoms with van der Waals surface area (Å²) in [5.41, 5.74) is 6.33. The Balaban J connectivity index is 2.38. The first kappa shape index (κ1) is 13.0. The maximum absolute atomic E-state index is 11.6. The molecule has 0 spiro atoms. The second kappa shape index (κ2) is 5.06. The quantitative estimate of drug-likeness (QED) is 0.851. The van der Waals surface area contributed by atoms with Crippen molar-refractivity contribution in [3.05, 3.63) is 4.88 Å². The molecule has 5 nitrogen and oxygen atoms in total. The smallest absolute Gasteiger partial charge is 0.350 e. The summed E-state index contributed by atoms with van der Waals surface area (Å²) in [7, 11) is 2.92. The minimum absolute atomic E-state index is 0.379. The van der Waals surface area contributed by atoms with Crippen LogP contribution in [0.4, 0.5) is 10.7 Å². The number of nitrogens with two attached hydrogens (primary N) is 1. The molecule has 1 fully saturated rings. The van der Waals surface area contributed by atoms with Crippen LogP contribution < -0.4 is 15.4 Å². The second-order valence-electron chi connectivity index (χ2n) is 4.51. The Bertz CT molecular complexity index is 458. The third-order valence-corrected chi connectivity index (χ3v) is 4.40. The highest BCUT2D eigenvalue weighted by Crippen LogP contribution is 2.46. The average Bonchev–Trinajstić information content (AvgIpc) is 2.92. The van der Waals surface area contributed by atoms with E-state index in [9.17, 15) is 4.79 Å². The minimum Gasteiger partial charge on any atom is -0.492 e. The summed E-state index contributed by atoms with van der Waals surface area (Å²) >= 11 is 1.34. The van der Waals surface area contributed by atoms with E-state index in [0.29, 0.717) is 22.2 Å². The van der Waals surface area contributed by atoms with Gasteiger partial charge in [-0.1, -0.05) is 6.92 Å². The Kier molecular flexibility index (Phi) is 3.65. The van der Waals surface area contributed by atoms with Gasteiger partial charge in [-0.2, -0.15) is 0 Å². The number of thiophene rings is 1. The number of anilines is 2. The van der Waals surface area contributed by atoms with Crippen molar-refractivity contribution in [1.82, 2.24) is 0 Å². The number of hydrogen-bond acceptors (Lipinski definition) is 6. The fourth-order valence-corrected chi connectivity index (χ4v) is 3.33. The normalized spacial score (nSPS) is 19.1. The summed E-state index contributed by atoms with van der Waals surface area (Å²) in [5, 5.41) is 0.930. The van der Waals surface area contributed by atoms with Crippen molar-refractivity contribution < 1.29 is 14.3 Å². The minimum atomic E-state index is -0.408. The molecule has 1 saturated heterocycles. The Labute approximate surface area is 110 Å². The molecule has 0 bridgehead atoms. The fourth-order valence-electron chi connectivity index (χ4n) is 2.19. The molecule has 6 heteroatoms. The van der Waals surface area contributed by atoms with E-state index in [0.717, 1.165) is 24.5 Å². The molecule has 0 amide bonds. The van der Waals surface area contributed by atoms with Crippen LogP contribution in [0.15, 0.2) is 0 Å². The summed E-state index contributed by atoms with van der Waals surface area (Å²) in [5.74, 6) is 0.836. The number of esters is 1. The predicted molar refractivity (Wildman–Crippen MR) is 72.6 cm³/mol. The van der Waals surface area contributed by atoms with Crippen LogP contribution in [0.2, 0.25) is 0 Å². The van der Waals surface area contributed by atoms with Gasteiger partial charge in [-0.25, -0.2) is 4.79 Å². The van der Waals surface area contributed by atoms with E-state index in [4.69, 9.17) is 15.2 Å². The van der Waals surface area contributed by atoms with Gasteiger partial charge in [0, 0.05) is 13.1 Å². The van der Waals surface area contributed by atoms with Gasteiger partial charge in [-0.15, -0.1) is 11.3 Å². The molecule has 2 rings (SSSR count). The Morgan fingerprint density at radius 3 is 2.72 bits per heavy atom. The van der Waals surface area contributed by atoms with Crippen molar-refractivity contribution in [2.24, 2.45) is 5.92 Å². The summed E-state index contributed by atoms with van der Waals surface area (Å²) in [6.45, 7) is 4.15. The summed E-state index contributed by atoms with van der Waals surface area (Å²) in [6.07, 6.45) is 1.15. The van der Waals surface area contributed by atoms with Crippen LogP contribution in [0, 0.1) is 5.92 Å². The topological polar surface area (TPSA) is 64.8 Å². The van der Waals surface area contributed by atoms with E-state index in [-0.39, 0.29) is 0 Å². The van der Waals surface area contributed by atoms with E-state index in [1.54, 1.807) is 7.11 Å². The number of nitrogens with zero attached hydrogens (tertiary/aromatic N) is 1. The van der Waals surface area contributed by atoms with Crippen molar-refractivity contribution >= 4 is 28.0 Å². The lowest BCUT2D eigenvalue weighted by atomic mass is 10.2. The zero-order valence-electron chi connectivity index (χ0n) is 10.9. The fraction of sp³-hybridized carbons (Fsp3) is 0.583. The zero-order chi connectivity index (χ0) is 13.3. The number of carbonyl (C=O) groups is 1. The lowest BCUT2D eigenvalue weighted by Crippen LogP contribution is -2.18. The number of hydrogen-bond donors (Lipinski definition) is 1. The van der Waals surface area contributed by atoms with Gasteiger partial charge in [0.05, 0.1) is 14.2 Å². The van der Waals surface area contributed by atoms with E-state index in [1.807, 2.05) is 0 Å². The summed E-state index contributed by atoms with van der Waals surface area (Å²) in [6, 6.07) is 0. The molecule has 2 N–H and O–H groups in total. The zero-order valence-corrected chi connectivity index (χ0v) is 11.7. The number of methoxy groups -OCH3 is 2. The predicted octanol–water partition coefficient (Wildman–Crippen LogP) is 1.97. The molecular weight excluding hydrogens is 252 g/mol. The molecular formula is C12H18N2O3S. The van der Waals surface area contributed by atoms with Crippen molar-refractivity contribution in [2.45, 2.75) is 13.3 Å². The Hall–Kier alpha value is -1.43. The van der Waals surface area contributed by atoms with Gasteiger partial charge in [-0.3, -0.25) is 0 Å². The number of nitrogen functional groups attached to an aromatic ring is 1. The van der Waals surface area contributed by atoms with Crippen LogP contribution in [-0.4, -0.2) is 33.3 Å². The Morgan fingerprint density at radius 2 is 2.22 bits per heavy atom. The van der Waals surface area contributed by atoms with Crippen LogP contribution >= 0.6 is 11.3 Å². The van der Waals surface area contributed by atoms with E-state index in [2.05, 4.69) is 11.8 Å². The molecule has 0 radical (unpaired) electrons. The molecule has 1 aromatic heterocycles. The third-order valence-electron chi connectivity index (χ3n) is 3.17. The van der Waals surface area contributed by atoms with Crippen molar-refractivity contribution in [3.63, 3.8) is 0 Å². The molecule has 1 unspecified atom stereocenters. The first-order valence-corrected chi connectivity index (χ1v) is 6.69. The standard InChI is InChI=1S/C12H18N2O3S/c1-7-4-5-14(6-7)11-9(16-2)8(13)10(18-11)12(15)17-3/h7H,4-6,13H2,1-3H3. The maximum atomic E-state index is 11.6. The van der Waals surface area contributed by atoms with Gasteiger partial charge in [0.15, 0.2) is 5.75 Å². The van der Waals surface area contributed by atoms with Crippen molar-refractivity contribution in [3.8, 4) is 5.75 Å². The van der Waals surface area contributed by atoms with Crippen LogP contribution in [0.5, 0.6) is 5.75 Å². The molecule has 0 aliphatic carbocycles. The number of ether oxygens (including phenoxy) is 2. The van der Waals surface area contributed by atoms with Crippen LogP contribution in [0.1, 0.15) is 23.0 Å². The van der Waals surface area contributed by atoms with Crippen LogP contribution in [-0.2, 0) is 4.74 Å². The molecule has 1 aromatic rings. The van der Waals surface area contributed by atoms with Gasteiger partial charge in [0.1, 0.15) is 15.6 Å². The number of rotatable bonds is 3. The lowest BCUT2D eigenvalue weighted by molar-refractivity contribution is 0.0607. The average molecular weight is 270 g/mol. The highest BCUT2D eigenvalue weighted by molar-refractivity contribution is 7.19. The molecule has 2 heterocycles. The second-order valence-corrected chi connectivity index (χ2v) is 5.51. The molecule has 1 atom stereocenters. The van der Waals surface area contributed by atoms with Gasteiger partial charge >= 0.3 is 5.97 Å². The lowest BCUT2D eigenvalue weighted by Gasteiger charge is -2.17. The Morgan fingerprint density at radius 1 is 1.50 bits per heavy atom. The SMILES string of the molecule is COC(=O)c1sc(N2CCC(C)C2)c(OC)c1N. The van der Waals surface area contributed by atoms with Crippen molar-refractivity contribution in [2.75, 3.05) is 37.9 Å². The van der Waals surface area contributed by atoms with E-state index >= 15 is 0 Å². The van der Waals surface area contributed by atoms with Gasteiger partial charge in [0.2, 0.25) is 0 Å². The first-order valence-electron chi connectivity index (χ1n) is 5.88. The van der Waals surface area contributed by atoms with E-state index < -0.39 is 5.97 Å². The summed E-state index contributed by atoms with van der Waals surface area (Å²) in [4.78, 5) is 14.3. The molecule has 100 valence electrons. The van der Waals surface area contributed by atoms with Gasteiger partial charge in [-0.05, 0) is 12.3 Å². The maximum Gasteiger partial charge on any atom is 0.350 e. The largest absolute Gasteiger partial charge is 0.492 e. The molecule has 1 aliphatic rings. The summed E-state index contributed by atoms with van der Waals surface area (Å²) < 4.78 is 10.1.